The summed E-state index contributed by atoms with van der Waals surface area (Å²) in [5.41, 5.74) is 7.47. The summed E-state index contributed by atoms with van der Waals surface area (Å²) in [5.74, 6) is -1.19. The molecule has 6 nitrogen and oxygen atoms in total. The fourth-order valence-corrected chi connectivity index (χ4v) is 2.62. The van der Waals surface area contributed by atoms with E-state index >= 15 is 0 Å². The quantitative estimate of drug-likeness (QED) is 0.678. The number of amides is 3. The molecule has 0 saturated carbocycles. The predicted octanol–water partition coefficient (Wildman–Crippen LogP) is 2.25. The summed E-state index contributed by atoms with van der Waals surface area (Å²) in [6.45, 7) is 1.39. The van der Waals surface area contributed by atoms with Gasteiger partial charge in [0.25, 0.3) is 5.91 Å². The number of rotatable bonds is 8. The highest BCUT2D eigenvalue weighted by Crippen LogP contribution is 2.12. The van der Waals surface area contributed by atoms with Crippen LogP contribution in [-0.4, -0.2) is 23.8 Å². The molecule has 6 heteroatoms. The molecule has 0 aliphatic carbocycles. The van der Waals surface area contributed by atoms with Crippen molar-refractivity contribution in [1.29, 1.82) is 0 Å². The number of carbonyl (C=O) groups excluding carboxylic acids is 3. The Morgan fingerprint density at radius 2 is 1.77 bits per heavy atom. The first-order valence-electron chi connectivity index (χ1n) is 8.47. The Kier molecular flexibility index (Phi) is 6.91. The molecule has 0 bridgehead atoms. The molecule has 0 aromatic heterocycles. The molecule has 2 aromatic carbocycles. The van der Waals surface area contributed by atoms with Crippen LogP contribution in [0, 0.1) is 0 Å². The average molecular weight is 353 g/mol. The molecule has 2 rings (SSSR count). The highest BCUT2D eigenvalue weighted by atomic mass is 16.2. The number of anilines is 1. The van der Waals surface area contributed by atoms with Crippen LogP contribution in [0.15, 0.2) is 54.6 Å². The van der Waals surface area contributed by atoms with Crippen LogP contribution in [0.1, 0.15) is 35.7 Å². The van der Waals surface area contributed by atoms with Gasteiger partial charge in [-0.2, -0.15) is 0 Å². The van der Waals surface area contributed by atoms with E-state index in [1.165, 1.54) is 12.5 Å². The van der Waals surface area contributed by atoms with E-state index in [0.717, 1.165) is 12.8 Å². The average Bonchev–Trinajstić information content (AvgIpc) is 2.61. The van der Waals surface area contributed by atoms with Crippen molar-refractivity contribution in [1.82, 2.24) is 5.32 Å². The van der Waals surface area contributed by atoms with Gasteiger partial charge >= 0.3 is 0 Å². The van der Waals surface area contributed by atoms with E-state index in [1.54, 1.807) is 24.3 Å². The molecule has 0 radical (unpaired) electrons. The largest absolute Gasteiger partial charge is 0.368 e. The van der Waals surface area contributed by atoms with Crippen molar-refractivity contribution in [2.24, 2.45) is 5.73 Å². The Morgan fingerprint density at radius 3 is 2.42 bits per heavy atom. The molecule has 0 fully saturated rings. The smallest absolute Gasteiger partial charge is 0.252 e. The van der Waals surface area contributed by atoms with Gasteiger partial charge in [0.1, 0.15) is 6.04 Å². The summed E-state index contributed by atoms with van der Waals surface area (Å²) < 4.78 is 0. The molecule has 26 heavy (non-hydrogen) atoms. The minimum absolute atomic E-state index is 0.224. The topological polar surface area (TPSA) is 101 Å². The number of nitrogens with one attached hydrogen (secondary N) is 2. The Bertz CT molecular complexity index is 775. The van der Waals surface area contributed by atoms with E-state index in [1.807, 2.05) is 30.3 Å². The van der Waals surface area contributed by atoms with Crippen LogP contribution in [0.3, 0.4) is 0 Å². The molecule has 1 atom stereocenters. The minimum atomic E-state index is -0.740. The maximum Gasteiger partial charge on any atom is 0.252 e. The zero-order chi connectivity index (χ0) is 18.9. The van der Waals surface area contributed by atoms with Gasteiger partial charge in [-0.15, -0.1) is 0 Å². The summed E-state index contributed by atoms with van der Waals surface area (Å²) in [4.78, 5) is 35.2. The second kappa shape index (κ2) is 9.36. The highest BCUT2D eigenvalue weighted by Gasteiger charge is 2.18. The number of primary amides is 1. The van der Waals surface area contributed by atoms with E-state index < -0.39 is 17.9 Å². The lowest BCUT2D eigenvalue weighted by Gasteiger charge is -2.16. The van der Waals surface area contributed by atoms with Crippen molar-refractivity contribution in [3.63, 3.8) is 0 Å². The molecule has 136 valence electrons. The molecule has 0 spiro atoms. The zero-order valence-electron chi connectivity index (χ0n) is 14.7. The van der Waals surface area contributed by atoms with E-state index in [0.29, 0.717) is 17.7 Å². The lowest BCUT2D eigenvalue weighted by Crippen LogP contribution is -2.44. The van der Waals surface area contributed by atoms with Crippen LogP contribution in [-0.2, 0) is 16.0 Å². The molecule has 2 aromatic rings. The first kappa shape index (κ1) is 19.2. The minimum Gasteiger partial charge on any atom is -0.368 e. The standard InChI is InChI=1S/C20H23N3O3/c1-14(24)22-17-11-6-10-16(13-17)20(26)23-18(19(21)25)12-5-9-15-7-3-2-4-8-15/h2-4,6-8,10-11,13,18H,5,9,12H2,1H3,(H2,21,25)(H,22,24)(H,23,26)/t18-/m1/s1. The molecule has 0 saturated heterocycles. The van der Waals surface area contributed by atoms with Crippen LogP contribution in [0.2, 0.25) is 0 Å². The lowest BCUT2D eigenvalue weighted by atomic mass is 10.0. The van der Waals surface area contributed by atoms with Crippen LogP contribution in [0.4, 0.5) is 5.69 Å². The first-order valence-corrected chi connectivity index (χ1v) is 8.47. The number of nitrogens with two attached hydrogens (primary N) is 1. The number of aryl methyl sites for hydroxylation is 1. The molecule has 4 N–H and O–H groups in total. The normalized spacial score (nSPS) is 11.4. The Balaban J connectivity index is 1.95. The van der Waals surface area contributed by atoms with Crippen LogP contribution < -0.4 is 16.4 Å². The van der Waals surface area contributed by atoms with Crippen LogP contribution >= 0.6 is 0 Å². The second-order valence-corrected chi connectivity index (χ2v) is 6.07. The molecular formula is C20H23N3O3. The number of hydrogen-bond acceptors (Lipinski definition) is 3. The van der Waals surface area contributed by atoms with Gasteiger partial charge in [0, 0.05) is 18.2 Å². The molecular weight excluding hydrogens is 330 g/mol. The van der Waals surface area contributed by atoms with Gasteiger partial charge in [0.15, 0.2) is 0 Å². The van der Waals surface area contributed by atoms with Crippen LogP contribution in [0.25, 0.3) is 0 Å². The van der Waals surface area contributed by atoms with Gasteiger partial charge in [0.2, 0.25) is 11.8 Å². The Labute approximate surface area is 152 Å². The molecule has 0 aliphatic rings. The van der Waals surface area contributed by atoms with Crippen molar-refractivity contribution in [3.8, 4) is 0 Å². The highest BCUT2D eigenvalue weighted by molar-refractivity contribution is 5.99. The van der Waals surface area contributed by atoms with Gasteiger partial charge in [-0.3, -0.25) is 14.4 Å². The zero-order valence-corrected chi connectivity index (χ0v) is 14.7. The monoisotopic (exact) mass is 353 g/mol. The summed E-state index contributed by atoms with van der Waals surface area (Å²) >= 11 is 0. The predicted molar refractivity (Wildman–Crippen MR) is 101 cm³/mol. The molecule has 0 unspecified atom stereocenters. The van der Waals surface area contributed by atoms with Crippen molar-refractivity contribution < 1.29 is 14.4 Å². The Morgan fingerprint density at radius 1 is 1.04 bits per heavy atom. The van der Waals surface area contributed by atoms with Gasteiger partial charge in [-0.05, 0) is 43.0 Å². The van der Waals surface area contributed by atoms with Crippen LogP contribution in [0.5, 0.6) is 0 Å². The van der Waals surface area contributed by atoms with Crippen molar-refractivity contribution in [2.45, 2.75) is 32.2 Å². The van der Waals surface area contributed by atoms with E-state index in [2.05, 4.69) is 10.6 Å². The van der Waals surface area contributed by atoms with E-state index in [-0.39, 0.29) is 5.91 Å². The van der Waals surface area contributed by atoms with E-state index in [4.69, 9.17) is 5.73 Å². The third kappa shape index (κ3) is 6.05. The number of hydrogen-bond donors (Lipinski definition) is 3. The number of carbonyl (C=O) groups is 3. The van der Waals surface area contributed by atoms with Crippen molar-refractivity contribution in [2.75, 3.05) is 5.32 Å². The maximum absolute atomic E-state index is 12.4. The van der Waals surface area contributed by atoms with Crippen molar-refractivity contribution >= 4 is 23.4 Å². The summed E-state index contributed by atoms with van der Waals surface area (Å²) in [6.07, 6.45) is 1.99. The van der Waals surface area contributed by atoms with Gasteiger partial charge in [-0.1, -0.05) is 36.4 Å². The van der Waals surface area contributed by atoms with E-state index in [9.17, 15) is 14.4 Å². The number of benzene rings is 2. The summed E-state index contributed by atoms with van der Waals surface area (Å²) in [7, 11) is 0. The second-order valence-electron chi connectivity index (χ2n) is 6.07. The molecule has 0 aliphatic heterocycles. The Hall–Kier alpha value is -3.15. The SMILES string of the molecule is CC(=O)Nc1cccc(C(=O)N[C@H](CCCc2ccccc2)C(N)=O)c1. The first-order chi connectivity index (χ1) is 12.5. The van der Waals surface area contributed by atoms with Gasteiger partial charge in [-0.25, -0.2) is 0 Å². The lowest BCUT2D eigenvalue weighted by molar-refractivity contribution is -0.120. The van der Waals surface area contributed by atoms with Gasteiger partial charge in [0.05, 0.1) is 0 Å². The molecule has 3 amide bonds. The summed E-state index contributed by atoms with van der Waals surface area (Å²) in [5, 5.41) is 5.29. The summed E-state index contributed by atoms with van der Waals surface area (Å²) in [6, 6.07) is 15.7. The fraction of sp³-hybridized carbons (Fsp3) is 0.250. The van der Waals surface area contributed by atoms with Crippen molar-refractivity contribution in [3.05, 3.63) is 65.7 Å². The van der Waals surface area contributed by atoms with Gasteiger partial charge < -0.3 is 16.4 Å². The molecule has 0 heterocycles. The third-order valence-corrected chi connectivity index (χ3v) is 3.89. The third-order valence-electron chi connectivity index (χ3n) is 3.89. The maximum atomic E-state index is 12.4. The fourth-order valence-electron chi connectivity index (χ4n) is 2.62.